The van der Waals surface area contributed by atoms with E-state index in [0.717, 1.165) is 26.9 Å². The van der Waals surface area contributed by atoms with Crippen LogP contribution in [0.3, 0.4) is 0 Å². The number of nitrogens with zero attached hydrogens (tertiary/aromatic N) is 2. The van der Waals surface area contributed by atoms with Crippen LogP contribution in [0.25, 0.3) is 11.3 Å². The van der Waals surface area contributed by atoms with Gasteiger partial charge in [0.25, 0.3) is 0 Å². The van der Waals surface area contributed by atoms with Crippen LogP contribution in [0.5, 0.6) is 0 Å². The summed E-state index contributed by atoms with van der Waals surface area (Å²) >= 11 is 3.51. The van der Waals surface area contributed by atoms with Crippen LogP contribution in [0.1, 0.15) is 17.5 Å². The van der Waals surface area contributed by atoms with Crippen LogP contribution >= 0.6 is 15.9 Å². The van der Waals surface area contributed by atoms with Crippen molar-refractivity contribution in [3.8, 4) is 11.3 Å². The fraction of sp³-hybridized carbons (Fsp3) is 0.150. The second-order valence-electron chi connectivity index (χ2n) is 5.66. The Morgan fingerprint density at radius 1 is 1.08 bits per heavy atom. The number of carbonyl (C=O) groups is 1. The summed E-state index contributed by atoms with van der Waals surface area (Å²) < 4.78 is 1.04. The second-order valence-corrected chi connectivity index (χ2v) is 6.51. The molecule has 1 amide bonds. The maximum atomic E-state index is 12.1. The summed E-state index contributed by atoms with van der Waals surface area (Å²) in [5, 5.41) is 2.97. The number of benzene rings is 1. The average Bonchev–Trinajstić information content (AvgIpc) is 2.67. The molecule has 0 radical (unpaired) electrons. The molecule has 0 atom stereocenters. The summed E-state index contributed by atoms with van der Waals surface area (Å²) in [6, 6.07) is 15.7. The third-order valence-electron chi connectivity index (χ3n) is 3.85. The maximum absolute atomic E-state index is 12.1. The van der Waals surface area contributed by atoms with E-state index in [9.17, 15) is 4.79 Å². The van der Waals surface area contributed by atoms with E-state index in [1.807, 2.05) is 48.5 Å². The fourth-order valence-electron chi connectivity index (χ4n) is 2.49. The Balaban J connectivity index is 1.55. The van der Waals surface area contributed by atoms with Crippen molar-refractivity contribution in [2.45, 2.75) is 19.4 Å². The first-order chi connectivity index (χ1) is 12.2. The van der Waals surface area contributed by atoms with E-state index >= 15 is 0 Å². The van der Waals surface area contributed by atoms with Crippen LogP contribution in [-0.4, -0.2) is 15.9 Å². The van der Waals surface area contributed by atoms with E-state index in [2.05, 4.69) is 31.2 Å². The van der Waals surface area contributed by atoms with Gasteiger partial charge in [-0.1, -0.05) is 34.1 Å². The van der Waals surface area contributed by atoms with Crippen LogP contribution in [-0.2, 0) is 17.8 Å². The van der Waals surface area contributed by atoms with Gasteiger partial charge >= 0.3 is 0 Å². The predicted octanol–water partition coefficient (Wildman–Crippen LogP) is 4.16. The Hall–Kier alpha value is -2.53. The Morgan fingerprint density at radius 2 is 1.96 bits per heavy atom. The highest BCUT2D eigenvalue weighted by molar-refractivity contribution is 9.10. The highest BCUT2D eigenvalue weighted by Crippen LogP contribution is 2.18. The zero-order valence-electron chi connectivity index (χ0n) is 13.7. The number of hydrogen-bond donors (Lipinski definition) is 1. The Bertz CT molecular complexity index is 852. The molecule has 0 aliphatic carbocycles. The number of aryl methyl sites for hydroxylation is 1. The summed E-state index contributed by atoms with van der Waals surface area (Å²) in [7, 11) is 0. The minimum Gasteiger partial charge on any atom is -0.352 e. The van der Waals surface area contributed by atoms with Gasteiger partial charge in [0.15, 0.2) is 0 Å². The number of halogens is 1. The molecule has 2 aromatic heterocycles. The molecule has 0 spiro atoms. The molecule has 0 fully saturated rings. The molecule has 0 bridgehead atoms. The molecule has 3 aromatic rings. The Kier molecular flexibility index (Phi) is 5.90. The third kappa shape index (κ3) is 4.97. The first kappa shape index (κ1) is 17.3. The van der Waals surface area contributed by atoms with Gasteiger partial charge in [-0.15, -0.1) is 0 Å². The summed E-state index contributed by atoms with van der Waals surface area (Å²) in [5.41, 5.74) is 3.97. The van der Waals surface area contributed by atoms with E-state index in [4.69, 9.17) is 0 Å². The molecule has 2 heterocycles. The lowest BCUT2D eigenvalue weighted by atomic mass is 10.1. The molecule has 0 aliphatic rings. The molecule has 126 valence electrons. The molecule has 4 nitrogen and oxygen atoms in total. The van der Waals surface area contributed by atoms with Gasteiger partial charge < -0.3 is 5.32 Å². The third-order valence-corrected chi connectivity index (χ3v) is 4.62. The summed E-state index contributed by atoms with van der Waals surface area (Å²) in [5.74, 6) is 0.0375. The highest BCUT2D eigenvalue weighted by Gasteiger charge is 2.06. The van der Waals surface area contributed by atoms with Crippen LogP contribution in [0.2, 0.25) is 0 Å². The Morgan fingerprint density at radius 3 is 2.76 bits per heavy atom. The summed E-state index contributed by atoms with van der Waals surface area (Å²) in [6.45, 7) is 0.491. The summed E-state index contributed by atoms with van der Waals surface area (Å²) in [4.78, 5) is 20.6. The lowest BCUT2D eigenvalue weighted by Gasteiger charge is -2.08. The monoisotopic (exact) mass is 395 g/mol. The number of pyridine rings is 2. The fourth-order valence-corrected chi connectivity index (χ4v) is 2.98. The predicted molar refractivity (Wildman–Crippen MR) is 102 cm³/mol. The van der Waals surface area contributed by atoms with Crippen molar-refractivity contribution in [2.24, 2.45) is 0 Å². The van der Waals surface area contributed by atoms with Crippen molar-refractivity contribution in [1.29, 1.82) is 0 Å². The summed E-state index contributed by atoms with van der Waals surface area (Å²) in [6.07, 6.45) is 6.44. The number of hydrogen-bond acceptors (Lipinski definition) is 3. The lowest BCUT2D eigenvalue weighted by molar-refractivity contribution is -0.121. The second kappa shape index (κ2) is 8.53. The van der Waals surface area contributed by atoms with E-state index in [0.29, 0.717) is 19.4 Å². The van der Waals surface area contributed by atoms with Gasteiger partial charge in [0.05, 0.1) is 5.69 Å². The first-order valence-electron chi connectivity index (χ1n) is 8.08. The van der Waals surface area contributed by atoms with Gasteiger partial charge in [0.1, 0.15) is 0 Å². The van der Waals surface area contributed by atoms with Crippen molar-refractivity contribution < 1.29 is 4.79 Å². The smallest absolute Gasteiger partial charge is 0.220 e. The van der Waals surface area contributed by atoms with E-state index < -0.39 is 0 Å². The van der Waals surface area contributed by atoms with E-state index in [1.165, 1.54) is 0 Å². The number of nitrogens with one attached hydrogen (secondary N) is 1. The first-order valence-corrected chi connectivity index (χ1v) is 8.87. The standard InChI is InChI=1S/C20H18BrN3O/c21-18-6-2-1-4-16(18)7-8-20(25)24-13-15-9-11-23-19(12-15)17-5-3-10-22-14-17/h1-6,9-12,14H,7-8,13H2,(H,24,25). The minimum atomic E-state index is 0.0375. The Labute approximate surface area is 155 Å². The van der Waals surface area contributed by atoms with E-state index in [-0.39, 0.29) is 5.91 Å². The van der Waals surface area contributed by atoms with Gasteiger partial charge in [-0.3, -0.25) is 14.8 Å². The van der Waals surface area contributed by atoms with Crippen LogP contribution < -0.4 is 5.32 Å². The zero-order chi connectivity index (χ0) is 17.5. The van der Waals surface area contributed by atoms with E-state index in [1.54, 1.807) is 18.6 Å². The molecule has 3 rings (SSSR count). The van der Waals surface area contributed by atoms with Crippen molar-refractivity contribution in [2.75, 3.05) is 0 Å². The molecule has 0 saturated heterocycles. The van der Waals surface area contributed by atoms with Gasteiger partial charge in [-0.05, 0) is 47.9 Å². The minimum absolute atomic E-state index is 0.0375. The SMILES string of the molecule is O=C(CCc1ccccc1Br)NCc1ccnc(-c2cccnc2)c1. The van der Waals surface area contributed by atoms with Gasteiger partial charge in [-0.25, -0.2) is 0 Å². The van der Waals surface area contributed by atoms with Crippen molar-refractivity contribution in [3.63, 3.8) is 0 Å². The molecule has 1 aromatic carbocycles. The topological polar surface area (TPSA) is 54.9 Å². The number of amides is 1. The lowest BCUT2D eigenvalue weighted by Crippen LogP contribution is -2.23. The quantitative estimate of drug-likeness (QED) is 0.681. The molecule has 5 heteroatoms. The highest BCUT2D eigenvalue weighted by atomic mass is 79.9. The van der Waals surface area contributed by atoms with Gasteiger partial charge in [0, 0.05) is 41.6 Å². The van der Waals surface area contributed by atoms with Crippen molar-refractivity contribution in [1.82, 2.24) is 15.3 Å². The molecule has 0 unspecified atom stereocenters. The van der Waals surface area contributed by atoms with Gasteiger partial charge in [0.2, 0.25) is 5.91 Å². The normalized spacial score (nSPS) is 10.4. The molecule has 0 aliphatic heterocycles. The van der Waals surface area contributed by atoms with Crippen LogP contribution in [0.4, 0.5) is 0 Å². The molecule has 1 N–H and O–H groups in total. The zero-order valence-corrected chi connectivity index (χ0v) is 15.2. The number of aromatic nitrogens is 2. The van der Waals surface area contributed by atoms with Crippen LogP contribution in [0, 0.1) is 0 Å². The van der Waals surface area contributed by atoms with Crippen molar-refractivity contribution >= 4 is 21.8 Å². The van der Waals surface area contributed by atoms with Crippen LogP contribution in [0.15, 0.2) is 71.6 Å². The molecule has 0 saturated carbocycles. The molecule has 25 heavy (non-hydrogen) atoms. The van der Waals surface area contributed by atoms with Crippen molar-refractivity contribution in [3.05, 3.63) is 82.7 Å². The largest absolute Gasteiger partial charge is 0.352 e. The maximum Gasteiger partial charge on any atom is 0.220 e. The number of carbonyl (C=O) groups excluding carboxylic acids is 1. The number of rotatable bonds is 6. The molecular formula is C20H18BrN3O. The average molecular weight is 396 g/mol. The van der Waals surface area contributed by atoms with Gasteiger partial charge in [-0.2, -0.15) is 0 Å². The molecular weight excluding hydrogens is 378 g/mol.